The van der Waals surface area contributed by atoms with Gasteiger partial charge in [0, 0.05) is 30.4 Å². The fourth-order valence-electron chi connectivity index (χ4n) is 1.99. The maximum absolute atomic E-state index is 11.9. The number of aromatic nitrogens is 4. The van der Waals surface area contributed by atoms with Crippen molar-refractivity contribution in [3.8, 4) is 11.4 Å². The van der Waals surface area contributed by atoms with Gasteiger partial charge in [-0.25, -0.2) is 9.97 Å². The zero-order valence-corrected chi connectivity index (χ0v) is 13.1. The van der Waals surface area contributed by atoms with Crippen LogP contribution in [0.25, 0.3) is 11.4 Å². The fraction of sp³-hybridized carbons (Fsp3) is 0.375. The maximum atomic E-state index is 11.9. The number of nitrogens with zero attached hydrogens (tertiary/aromatic N) is 4. The fourth-order valence-corrected chi connectivity index (χ4v) is 1.99. The van der Waals surface area contributed by atoms with Gasteiger partial charge in [0.15, 0.2) is 18.6 Å². The van der Waals surface area contributed by atoms with E-state index in [9.17, 15) is 9.59 Å². The highest BCUT2D eigenvalue weighted by atomic mass is 16.4. The minimum atomic E-state index is -1.04. The zero-order chi connectivity index (χ0) is 16.9. The lowest BCUT2D eigenvalue weighted by Gasteiger charge is -2.17. The molecule has 7 nitrogen and oxygen atoms in total. The molecule has 120 valence electrons. The van der Waals surface area contributed by atoms with Gasteiger partial charge in [0.25, 0.3) is 0 Å². The number of aryl methyl sites for hydroxylation is 1. The van der Waals surface area contributed by atoms with Crippen molar-refractivity contribution in [1.29, 1.82) is 0 Å². The van der Waals surface area contributed by atoms with Gasteiger partial charge in [-0.2, -0.15) is 0 Å². The van der Waals surface area contributed by atoms with Crippen LogP contribution in [-0.4, -0.2) is 31.9 Å². The van der Waals surface area contributed by atoms with Crippen molar-refractivity contribution in [2.24, 2.45) is 5.41 Å². The van der Waals surface area contributed by atoms with E-state index in [1.54, 1.807) is 49.4 Å². The zero-order valence-electron chi connectivity index (χ0n) is 13.1. The average molecular weight is 315 g/mol. The number of ketones is 1. The number of hydrogen-bond donors (Lipinski definition) is 1. The normalized spacial score (nSPS) is 11.2. The minimum absolute atomic E-state index is 0.0127. The lowest BCUT2D eigenvalue weighted by atomic mass is 9.87. The third-order valence-corrected chi connectivity index (χ3v) is 3.43. The second-order valence-electron chi connectivity index (χ2n) is 5.91. The molecule has 0 bridgehead atoms. The predicted molar refractivity (Wildman–Crippen MR) is 81.1 cm³/mol. The van der Waals surface area contributed by atoms with Gasteiger partial charge in [0.2, 0.25) is 0 Å². The van der Waals surface area contributed by atoms with Crippen molar-refractivity contribution in [3.63, 3.8) is 0 Å². The molecule has 0 saturated carbocycles. The Balaban J connectivity index is 1.92. The first-order chi connectivity index (χ1) is 10.9. The van der Waals surface area contributed by atoms with Crippen LogP contribution >= 0.6 is 0 Å². The first-order valence-electron chi connectivity index (χ1n) is 7.27. The topological polar surface area (TPSA) is 96.9 Å². The summed E-state index contributed by atoms with van der Waals surface area (Å²) in [6, 6.07) is 3.57. The van der Waals surface area contributed by atoms with Crippen molar-refractivity contribution in [2.45, 2.75) is 33.2 Å². The lowest BCUT2D eigenvalue weighted by molar-refractivity contribution is -0.752. The molecule has 0 fully saturated rings. The number of carboxylic acid groups (broad SMARTS) is 1. The molecule has 0 aliphatic rings. The standard InChI is InChI=1S/C16H18N4O3/c1-16(2,15(22)23)10-13(21)5-9-20-8-4-12(11-19-20)14-17-6-3-7-18-14/h3-4,6-8,11H,5,9-10H2,1-2H3/p+1. The quantitative estimate of drug-likeness (QED) is 0.773. The van der Waals surface area contributed by atoms with Crippen LogP contribution in [0, 0.1) is 5.41 Å². The summed E-state index contributed by atoms with van der Waals surface area (Å²) in [5.41, 5.74) is -0.246. The van der Waals surface area contributed by atoms with E-state index in [1.165, 1.54) is 0 Å². The van der Waals surface area contributed by atoms with Crippen LogP contribution in [0.5, 0.6) is 0 Å². The minimum Gasteiger partial charge on any atom is -0.481 e. The first kappa shape index (κ1) is 16.7. The number of carboxylic acids is 1. The van der Waals surface area contributed by atoms with Crippen LogP contribution in [0.15, 0.2) is 36.9 Å². The van der Waals surface area contributed by atoms with Gasteiger partial charge < -0.3 is 5.11 Å². The first-order valence-corrected chi connectivity index (χ1v) is 7.27. The van der Waals surface area contributed by atoms with Gasteiger partial charge in [-0.3, -0.25) is 9.59 Å². The van der Waals surface area contributed by atoms with E-state index in [0.717, 1.165) is 5.56 Å². The monoisotopic (exact) mass is 315 g/mol. The molecule has 1 N–H and O–H groups in total. The average Bonchev–Trinajstić information content (AvgIpc) is 2.54. The largest absolute Gasteiger partial charge is 0.481 e. The molecule has 0 saturated heterocycles. The second-order valence-corrected chi connectivity index (χ2v) is 5.91. The van der Waals surface area contributed by atoms with Crippen molar-refractivity contribution < 1.29 is 19.4 Å². The van der Waals surface area contributed by atoms with Crippen LogP contribution in [0.1, 0.15) is 26.7 Å². The summed E-state index contributed by atoms with van der Waals surface area (Å²) in [7, 11) is 0. The number of hydrogen-bond acceptors (Lipinski definition) is 5. The van der Waals surface area contributed by atoms with Crippen LogP contribution in [-0.2, 0) is 16.1 Å². The predicted octanol–water partition coefficient (Wildman–Crippen LogP) is 1.29. The molecule has 7 heteroatoms. The van der Waals surface area contributed by atoms with Gasteiger partial charge in [-0.1, -0.05) is 4.68 Å². The summed E-state index contributed by atoms with van der Waals surface area (Å²) in [6.45, 7) is 3.50. The number of carbonyl (C=O) groups excluding carboxylic acids is 1. The van der Waals surface area contributed by atoms with Gasteiger partial charge in [-0.05, 0) is 25.0 Å². The van der Waals surface area contributed by atoms with Crippen molar-refractivity contribution in [3.05, 3.63) is 36.9 Å². The van der Waals surface area contributed by atoms with Gasteiger partial charge in [-0.15, -0.1) is 0 Å². The van der Waals surface area contributed by atoms with Crippen molar-refractivity contribution >= 4 is 11.8 Å². The van der Waals surface area contributed by atoms with Gasteiger partial charge in [0.05, 0.1) is 11.8 Å². The maximum Gasteiger partial charge on any atom is 0.309 e. The van der Waals surface area contributed by atoms with Crippen molar-refractivity contribution in [2.75, 3.05) is 0 Å². The second kappa shape index (κ2) is 7.04. The van der Waals surface area contributed by atoms with E-state index in [2.05, 4.69) is 15.1 Å². The molecule has 0 aliphatic heterocycles. The van der Waals surface area contributed by atoms with E-state index < -0.39 is 11.4 Å². The smallest absolute Gasteiger partial charge is 0.309 e. The van der Waals surface area contributed by atoms with Crippen LogP contribution < -0.4 is 4.68 Å². The molecule has 2 heterocycles. The third-order valence-electron chi connectivity index (χ3n) is 3.43. The summed E-state index contributed by atoms with van der Waals surface area (Å²) < 4.78 is 1.64. The number of rotatable bonds is 7. The van der Waals surface area contributed by atoms with E-state index >= 15 is 0 Å². The Hall–Kier alpha value is -2.70. The number of carbonyl (C=O) groups is 2. The Morgan fingerprint density at radius 1 is 1.26 bits per heavy atom. The molecule has 23 heavy (non-hydrogen) atoms. The molecule has 0 radical (unpaired) electrons. The summed E-state index contributed by atoms with van der Waals surface area (Å²) in [5.74, 6) is -0.475. The highest BCUT2D eigenvalue weighted by Gasteiger charge is 2.30. The van der Waals surface area contributed by atoms with Crippen LogP contribution in [0.2, 0.25) is 0 Å². The molecule has 0 atom stereocenters. The Kier molecular flexibility index (Phi) is 5.10. The molecule has 0 spiro atoms. The summed E-state index contributed by atoms with van der Waals surface area (Å²) in [6.07, 6.45) is 6.97. The Morgan fingerprint density at radius 2 is 1.96 bits per heavy atom. The Morgan fingerprint density at radius 3 is 2.52 bits per heavy atom. The lowest BCUT2D eigenvalue weighted by Crippen LogP contribution is -2.39. The summed E-state index contributed by atoms with van der Waals surface area (Å²) >= 11 is 0. The summed E-state index contributed by atoms with van der Waals surface area (Å²) in [4.78, 5) is 31.2. The summed E-state index contributed by atoms with van der Waals surface area (Å²) in [5, 5.41) is 13.3. The van der Waals surface area contributed by atoms with Crippen molar-refractivity contribution in [1.82, 2.24) is 15.1 Å². The highest BCUT2D eigenvalue weighted by molar-refractivity contribution is 5.85. The van der Waals surface area contributed by atoms with E-state index in [1.807, 2.05) is 6.07 Å². The van der Waals surface area contributed by atoms with Gasteiger partial charge in [0.1, 0.15) is 12.0 Å². The van der Waals surface area contributed by atoms with E-state index in [0.29, 0.717) is 12.4 Å². The van der Waals surface area contributed by atoms with E-state index in [4.69, 9.17) is 5.11 Å². The molecule has 0 aromatic carbocycles. The highest BCUT2D eigenvalue weighted by Crippen LogP contribution is 2.21. The molecule has 2 aromatic rings. The molecule has 2 aromatic heterocycles. The molecule has 0 aliphatic carbocycles. The van der Waals surface area contributed by atoms with Crippen LogP contribution in [0.3, 0.4) is 0 Å². The molecular weight excluding hydrogens is 296 g/mol. The SMILES string of the molecule is CC(C)(CC(=O)CC[n+]1ccc(-c2ncccn2)cn1)C(=O)O. The number of aliphatic carboxylic acids is 1. The molecule has 2 rings (SSSR count). The number of Topliss-reactive ketones (excluding diaryl/α,β-unsaturated/α-hetero) is 1. The Bertz CT molecular complexity index is 684. The molecule has 0 unspecified atom stereocenters. The van der Waals surface area contributed by atoms with Crippen LogP contribution in [0.4, 0.5) is 0 Å². The van der Waals surface area contributed by atoms with E-state index in [-0.39, 0.29) is 18.6 Å². The Labute approximate surface area is 134 Å². The third kappa shape index (κ3) is 4.64. The van der Waals surface area contributed by atoms with Gasteiger partial charge >= 0.3 is 5.97 Å². The molecule has 0 amide bonds. The molecular formula is C16H19N4O3+.